The number of hydrogen-bond donors (Lipinski definition) is 2. The first-order valence-corrected chi connectivity index (χ1v) is 12.2. The molecule has 1 aromatic heterocycles. The number of nitrogens with one attached hydrogen (secondary N) is 1. The van der Waals surface area contributed by atoms with Gasteiger partial charge in [0.25, 0.3) is 0 Å². The quantitative estimate of drug-likeness (QED) is 0.310. The Morgan fingerprint density at radius 1 is 1.16 bits per heavy atom. The van der Waals surface area contributed by atoms with Gasteiger partial charge in [0.05, 0.1) is 31.1 Å². The molecule has 3 aromatic rings. The molecular formula is C27H30ClN3O6. The number of aryl methyl sites for hydroxylation is 1. The van der Waals surface area contributed by atoms with E-state index in [1.807, 2.05) is 0 Å². The zero-order valence-corrected chi connectivity index (χ0v) is 21.7. The van der Waals surface area contributed by atoms with E-state index < -0.39 is 17.9 Å². The van der Waals surface area contributed by atoms with Crippen LogP contribution in [-0.2, 0) is 27.4 Å². The first-order valence-electron chi connectivity index (χ1n) is 11.9. The van der Waals surface area contributed by atoms with Gasteiger partial charge in [-0.05, 0) is 43.2 Å². The third-order valence-corrected chi connectivity index (χ3v) is 5.97. The van der Waals surface area contributed by atoms with Crippen molar-refractivity contribution in [2.75, 3.05) is 19.1 Å². The summed E-state index contributed by atoms with van der Waals surface area (Å²) in [4.78, 5) is 40.4. The van der Waals surface area contributed by atoms with Crippen molar-refractivity contribution in [1.82, 2.24) is 9.66 Å². The van der Waals surface area contributed by atoms with Gasteiger partial charge < -0.3 is 20.0 Å². The number of esters is 1. The van der Waals surface area contributed by atoms with Crippen molar-refractivity contribution in [1.29, 1.82) is 0 Å². The normalized spacial score (nSPS) is 11.6. The minimum Gasteiger partial charge on any atom is -0.489 e. The molecule has 2 N–H and O–H groups in total. The second-order valence-electron chi connectivity index (χ2n) is 8.50. The number of unbranched alkanes of at least 4 members (excludes halogenated alkanes) is 1. The molecule has 0 spiro atoms. The van der Waals surface area contributed by atoms with E-state index >= 15 is 0 Å². The summed E-state index contributed by atoms with van der Waals surface area (Å²) < 4.78 is 12.3. The summed E-state index contributed by atoms with van der Waals surface area (Å²) >= 11 is 6.01. The number of aromatic nitrogens is 2. The predicted molar refractivity (Wildman–Crippen MR) is 139 cm³/mol. The van der Waals surface area contributed by atoms with Crippen LogP contribution < -0.4 is 10.2 Å². The minimum absolute atomic E-state index is 0.0554. The number of rotatable bonds is 13. The van der Waals surface area contributed by atoms with Crippen molar-refractivity contribution in [2.24, 2.45) is 0 Å². The Morgan fingerprint density at radius 2 is 1.89 bits per heavy atom. The van der Waals surface area contributed by atoms with E-state index in [0.29, 0.717) is 45.4 Å². The second-order valence-corrected chi connectivity index (χ2v) is 8.93. The fourth-order valence-corrected chi connectivity index (χ4v) is 4.00. The monoisotopic (exact) mass is 527 g/mol. The number of ether oxygens (including phenoxy) is 2. The van der Waals surface area contributed by atoms with Gasteiger partial charge in [0.1, 0.15) is 29.9 Å². The molecular weight excluding hydrogens is 498 g/mol. The van der Waals surface area contributed by atoms with Crippen LogP contribution >= 0.6 is 11.6 Å². The lowest BCUT2D eigenvalue weighted by atomic mass is 9.96. The SMILES string of the molecule is CCCCc1ncc(C(C(=O)O)c2ccc(OCc3ccc(Cl)cc3C(=O)OC)cc2)n1NCC(C)=O. The van der Waals surface area contributed by atoms with E-state index in [1.54, 1.807) is 41.1 Å². The smallest absolute Gasteiger partial charge is 0.338 e. The summed E-state index contributed by atoms with van der Waals surface area (Å²) in [6.45, 7) is 3.66. The lowest BCUT2D eigenvalue weighted by molar-refractivity contribution is -0.137. The van der Waals surface area contributed by atoms with Gasteiger partial charge in [-0.3, -0.25) is 9.59 Å². The Morgan fingerprint density at radius 3 is 2.51 bits per heavy atom. The van der Waals surface area contributed by atoms with Gasteiger partial charge in [0, 0.05) is 17.0 Å². The summed E-state index contributed by atoms with van der Waals surface area (Å²) in [5.41, 5.74) is 4.88. The van der Waals surface area contributed by atoms with Gasteiger partial charge in [-0.15, -0.1) is 0 Å². The van der Waals surface area contributed by atoms with Gasteiger partial charge in [-0.25, -0.2) is 14.5 Å². The van der Waals surface area contributed by atoms with Gasteiger partial charge >= 0.3 is 11.9 Å². The maximum atomic E-state index is 12.3. The van der Waals surface area contributed by atoms with E-state index in [-0.39, 0.29) is 18.9 Å². The van der Waals surface area contributed by atoms with Gasteiger partial charge in [-0.1, -0.05) is 43.1 Å². The van der Waals surface area contributed by atoms with E-state index in [0.717, 1.165) is 12.8 Å². The Hall–Kier alpha value is -3.85. The fraction of sp³-hybridized carbons (Fsp3) is 0.333. The van der Waals surface area contributed by atoms with E-state index in [1.165, 1.54) is 26.3 Å². The van der Waals surface area contributed by atoms with E-state index in [9.17, 15) is 19.5 Å². The first kappa shape index (κ1) is 27.7. The number of methoxy groups -OCH3 is 1. The van der Waals surface area contributed by atoms with Crippen LogP contribution in [-0.4, -0.2) is 46.1 Å². The van der Waals surface area contributed by atoms with E-state index in [2.05, 4.69) is 17.3 Å². The summed E-state index contributed by atoms with van der Waals surface area (Å²) in [6.07, 6.45) is 4.03. The van der Waals surface area contributed by atoms with Crippen LogP contribution in [0.3, 0.4) is 0 Å². The molecule has 3 rings (SSSR count). The molecule has 0 amide bonds. The van der Waals surface area contributed by atoms with Crippen LogP contribution in [0.5, 0.6) is 5.75 Å². The molecule has 0 radical (unpaired) electrons. The van der Waals surface area contributed by atoms with Crippen molar-refractivity contribution in [3.63, 3.8) is 0 Å². The van der Waals surface area contributed by atoms with Gasteiger partial charge in [-0.2, -0.15) is 0 Å². The molecule has 37 heavy (non-hydrogen) atoms. The Balaban J connectivity index is 1.84. The first-order chi connectivity index (χ1) is 17.7. The predicted octanol–water partition coefficient (Wildman–Crippen LogP) is 4.59. The number of hydrogen-bond acceptors (Lipinski definition) is 7. The maximum absolute atomic E-state index is 12.3. The van der Waals surface area contributed by atoms with Crippen molar-refractivity contribution in [3.05, 3.63) is 81.9 Å². The second kappa shape index (κ2) is 12.9. The number of nitrogens with zero attached hydrogens (tertiary/aromatic N) is 2. The topological polar surface area (TPSA) is 120 Å². The average Bonchev–Trinajstić information content (AvgIpc) is 3.27. The maximum Gasteiger partial charge on any atom is 0.338 e. The number of carboxylic acid groups (broad SMARTS) is 1. The molecule has 0 aliphatic carbocycles. The fourth-order valence-electron chi connectivity index (χ4n) is 3.82. The van der Waals surface area contributed by atoms with Crippen molar-refractivity contribution < 1.29 is 29.0 Å². The number of benzene rings is 2. The summed E-state index contributed by atoms with van der Waals surface area (Å²) in [5.74, 6) is -1.50. The molecule has 0 saturated carbocycles. The molecule has 2 aromatic carbocycles. The Kier molecular flexibility index (Phi) is 9.68. The summed E-state index contributed by atoms with van der Waals surface area (Å²) in [7, 11) is 1.29. The minimum atomic E-state index is -1.05. The molecule has 0 fully saturated rings. The van der Waals surface area contributed by atoms with Crippen molar-refractivity contribution in [3.8, 4) is 5.75 Å². The largest absolute Gasteiger partial charge is 0.489 e. The van der Waals surface area contributed by atoms with Crippen molar-refractivity contribution in [2.45, 2.75) is 45.6 Å². The molecule has 10 heteroatoms. The molecule has 1 unspecified atom stereocenters. The van der Waals surface area contributed by atoms with Crippen molar-refractivity contribution >= 4 is 29.3 Å². The van der Waals surface area contributed by atoms with Crippen LogP contribution in [0, 0.1) is 0 Å². The third-order valence-electron chi connectivity index (χ3n) is 5.73. The van der Waals surface area contributed by atoms with Crippen LogP contribution in [0.15, 0.2) is 48.7 Å². The third kappa shape index (κ3) is 7.10. The van der Waals surface area contributed by atoms with Crippen LogP contribution in [0.1, 0.15) is 65.6 Å². The number of aliphatic carboxylic acids is 1. The number of Topliss-reactive ketones (excluding diaryl/α,β-unsaturated/α-hetero) is 1. The molecule has 0 saturated heterocycles. The Bertz CT molecular complexity index is 1260. The molecule has 0 aliphatic heterocycles. The number of halogens is 1. The van der Waals surface area contributed by atoms with Gasteiger partial charge in [0.2, 0.25) is 0 Å². The highest BCUT2D eigenvalue weighted by Crippen LogP contribution is 2.28. The highest BCUT2D eigenvalue weighted by Gasteiger charge is 2.28. The average molecular weight is 528 g/mol. The Labute approximate surface area is 220 Å². The lowest BCUT2D eigenvalue weighted by Gasteiger charge is -2.19. The molecule has 0 aliphatic rings. The highest BCUT2D eigenvalue weighted by molar-refractivity contribution is 6.31. The highest BCUT2D eigenvalue weighted by atomic mass is 35.5. The van der Waals surface area contributed by atoms with E-state index in [4.69, 9.17) is 21.1 Å². The summed E-state index contributed by atoms with van der Waals surface area (Å²) in [5, 5.41) is 10.5. The van der Waals surface area contributed by atoms with Crippen LogP contribution in [0.4, 0.5) is 0 Å². The standard InChI is InChI=1S/C27H30ClN3O6/c1-4-5-6-24-29-15-23(31(24)30-14-17(2)32)25(26(33)34)18-8-11-21(12-9-18)37-16-19-7-10-20(28)13-22(19)27(35)36-3/h7-13,15,25,30H,4-6,14,16H2,1-3H3,(H,33,34). The number of imidazole rings is 1. The zero-order chi connectivity index (χ0) is 26.9. The molecule has 0 bridgehead atoms. The van der Waals surface area contributed by atoms with Crippen LogP contribution in [0.2, 0.25) is 5.02 Å². The number of ketones is 1. The zero-order valence-electron chi connectivity index (χ0n) is 21.0. The molecule has 1 heterocycles. The van der Waals surface area contributed by atoms with Gasteiger partial charge in [0.15, 0.2) is 0 Å². The molecule has 1 atom stereocenters. The van der Waals surface area contributed by atoms with Crippen LogP contribution in [0.25, 0.3) is 0 Å². The number of carbonyl (C=O) groups is 3. The number of carboxylic acids is 1. The number of carbonyl (C=O) groups excluding carboxylic acids is 2. The molecule has 196 valence electrons. The summed E-state index contributed by atoms with van der Waals surface area (Å²) in [6, 6.07) is 11.5. The lowest BCUT2D eigenvalue weighted by Crippen LogP contribution is -2.27. The molecule has 9 nitrogen and oxygen atoms in total.